The van der Waals surface area contributed by atoms with Gasteiger partial charge in [-0.25, -0.2) is 9.97 Å². The second-order valence-corrected chi connectivity index (χ2v) is 4.31. The largest absolute Gasteiger partial charge is 0.378 e. The molecular formula is C12H15N5O2. The van der Waals surface area contributed by atoms with Crippen LogP contribution in [0.5, 0.6) is 0 Å². The smallest absolute Gasteiger partial charge is 0.175 e. The van der Waals surface area contributed by atoms with Crippen molar-refractivity contribution in [2.75, 3.05) is 36.5 Å². The number of ether oxygens (including phenoxy) is 1. The van der Waals surface area contributed by atoms with Crippen LogP contribution in [0.3, 0.4) is 0 Å². The molecule has 3 heterocycles. The van der Waals surface area contributed by atoms with Gasteiger partial charge in [-0.3, -0.25) is 0 Å². The molecular weight excluding hydrogens is 246 g/mol. The van der Waals surface area contributed by atoms with E-state index in [0.717, 1.165) is 37.9 Å². The van der Waals surface area contributed by atoms with E-state index in [4.69, 9.17) is 9.26 Å². The second-order valence-electron chi connectivity index (χ2n) is 4.31. The second kappa shape index (κ2) is 5.23. The van der Waals surface area contributed by atoms with Crippen molar-refractivity contribution in [2.24, 2.45) is 0 Å². The normalized spacial score (nSPS) is 15.5. The van der Waals surface area contributed by atoms with Crippen molar-refractivity contribution in [1.29, 1.82) is 0 Å². The van der Waals surface area contributed by atoms with Gasteiger partial charge in [0, 0.05) is 25.2 Å². The molecule has 0 radical (unpaired) electrons. The van der Waals surface area contributed by atoms with Crippen molar-refractivity contribution >= 4 is 17.5 Å². The highest BCUT2D eigenvalue weighted by molar-refractivity contribution is 5.56. The summed E-state index contributed by atoms with van der Waals surface area (Å²) in [5.41, 5.74) is 0. The number of nitrogens with one attached hydrogen (secondary N) is 1. The molecule has 7 heteroatoms. The molecule has 100 valence electrons. The third-order valence-corrected chi connectivity index (χ3v) is 2.87. The first-order chi connectivity index (χ1) is 9.31. The van der Waals surface area contributed by atoms with Crippen LogP contribution in [0.2, 0.25) is 0 Å². The molecule has 0 aliphatic carbocycles. The Morgan fingerprint density at radius 1 is 1.16 bits per heavy atom. The lowest BCUT2D eigenvalue weighted by Crippen LogP contribution is -2.36. The molecule has 0 bridgehead atoms. The third kappa shape index (κ3) is 2.82. The van der Waals surface area contributed by atoms with Crippen LogP contribution < -0.4 is 10.2 Å². The molecule has 0 amide bonds. The molecule has 1 N–H and O–H groups in total. The van der Waals surface area contributed by atoms with E-state index in [9.17, 15) is 0 Å². The molecule has 19 heavy (non-hydrogen) atoms. The first-order valence-electron chi connectivity index (χ1n) is 6.16. The van der Waals surface area contributed by atoms with E-state index in [2.05, 4.69) is 25.3 Å². The summed E-state index contributed by atoms with van der Waals surface area (Å²) in [4.78, 5) is 10.6. The van der Waals surface area contributed by atoms with Crippen LogP contribution in [0.1, 0.15) is 5.76 Å². The van der Waals surface area contributed by atoms with Gasteiger partial charge in [0.15, 0.2) is 5.82 Å². The Labute approximate surface area is 110 Å². The molecule has 1 aliphatic heterocycles. The van der Waals surface area contributed by atoms with Crippen molar-refractivity contribution < 1.29 is 9.26 Å². The summed E-state index contributed by atoms with van der Waals surface area (Å²) in [5.74, 6) is 2.99. The standard InChI is InChI=1S/C12H15N5O2/c1-9-6-11(16-19-9)15-10-7-12(14-8-13-10)17-2-4-18-5-3-17/h6-8H,2-5H2,1H3,(H,13,14,15,16). The van der Waals surface area contributed by atoms with Gasteiger partial charge in [-0.15, -0.1) is 0 Å². The van der Waals surface area contributed by atoms with Gasteiger partial charge in [-0.2, -0.15) is 0 Å². The van der Waals surface area contributed by atoms with Gasteiger partial charge in [-0.1, -0.05) is 5.16 Å². The minimum atomic E-state index is 0.643. The van der Waals surface area contributed by atoms with E-state index in [1.807, 2.05) is 19.1 Å². The molecule has 1 aliphatic rings. The Kier molecular flexibility index (Phi) is 3.28. The van der Waals surface area contributed by atoms with Gasteiger partial charge in [0.25, 0.3) is 0 Å². The van der Waals surface area contributed by atoms with Crippen LogP contribution in [0.4, 0.5) is 17.5 Å². The Balaban J connectivity index is 1.75. The summed E-state index contributed by atoms with van der Waals surface area (Å²) in [7, 11) is 0. The molecule has 1 saturated heterocycles. The first kappa shape index (κ1) is 11.9. The van der Waals surface area contributed by atoms with E-state index in [-0.39, 0.29) is 0 Å². The van der Waals surface area contributed by atoms with E-state index in [1.54, 1.807) is 6.33 Å². The first-order valence-corrected chi connectivity index (χ1v) is 6.16. The summed E-state index contributed by atoms with van der Waals surface area (Å²) < 4.78 is 10.3. The number of aryl methyl sites for hydroxylation is 1. The monoisotopic (exact) mass is 261 g/mol. The van der Waals surface area contributed by atoms with Crippen molar-refractivity contribution in [3.8, 4) is 0 Å². The predicted octanol–water partition coefficient (Wildman–Crippen LogP) is 1.35. The predicted molar refractivity (Wildman–Crippen MR) is 69.6 cm³/mol. The van der Waals surface area contributed by atoms with E-state index in [0.29, 0.717) is 11.6 Å². The van der Waals surface area contributed by atoms with Crippen LogP contribution in [-0.4, -0.2) is 41.4 Å². The topological polar surface area (TPSA) is 76.3 Å². The summed E-state index contributed by atoms with van der Waals surface area (Å²) in [6.07, 6.45) is 1.54. The fraction of sp³-hybridized carbons (Fsp3) is 0.417. The molecule has 0 spiro atoms. The molecule has 0 saturated carbocycles. The summed E-state index contributed by atoms with van der Waals surface area (Å²) >= 11 is 0. The Morgan fingerprint density at radius 3 is 2.74 bits per heavy atom. The molecule has 2 aromatic rings. The van der Waals surface area contributed by atoms with Gasteiger partial charge in [0.2, 0.25) is 0 Å². The quantitative estimate of drug-likeness (QED) is 0.893. The molecule has 0 atom stereocenters. The maximum atomic E-state index is 5.33. The number of nitrogens with zero attached hydrogens (tertiary/aromatic N) is 4. The Hall–Kier alpha value is -2.15. The Bertz CT molecular complexity index is 551. The molecule has 1 fully saturated rings. The zero-order chi connectivity index (χ0) is 13.1. The highest BCUT2D eigenvalue weighted by atomic mass is 16.5. The third-order valence-electron chi connectivity index (χ3n) is 2.87. The fourth-order valence-electron chi connectivity index (χ4n) is 1.94. The van der Waals surface area contributed by atoms with Crippen molar-refractivity contribution in [3.63, 3.8) is 0 Å². The Morgan fingerprint density at radius 2 is 2.00 bits per heavy atom. The number of hydrogen-bond acceptors (Lipinski definition) is 7. The van der Waals surface area contributed by atoms with Crippen molar-refractivity contribution in [1.82, 2.24) is 15.1 Å². The maximum absolute atomic E-state index is 5.33. The average molecular weight is 261 g/mol. The maximum Gasteiger partial charge on any atom is 0.175 e. The number of rotatable bonds is 3. The SMILES string of the molecule is Cc1cc(Nc2cc(N3CCOCC3)ncn2)no1. The number of anilines is 3. The molecule has 2 aromatic heterocycles. The molecule has 3 rings (SSSR count). The number of aromatic nitrogens is 3. The van der Waals surface area contributed by atoms with Gasteiger partial charge in [0.1, 0.15) is 23.7 Å². The summed E-state index contributed by atoms with van der Waals surface area (Å²) in [6.45, 7) is 5.00. The lowest BCUT2D eigenvalue weighted by molar-refractivity contribution is 0.122. The van der Waals surface area contributed by atoms with Gasteiger partial charge >= 0.3 is 0 Å². The van der Waals surface area contributed by atoms with Gasteiger partial charge in [-0.05, 0) is 6.92 Å². The highest BCUT2D eigenvalue weighted by Crippen LogP contribution is 2.18. The summed E-state index contributed by atoms with van der Waals surface area (Å²) in [6, 6.07) is 3.71. The van der Waals surface area contributed by atoms with Crippen LogP contribution >= 0.6 is 0 Å². The highest BCUT2D eigenvalue weighted by Gasteiger charge is 2.13. The molecule has 7 nitrogen and oxygen atoms in total. The minimum Gasteiger partial charge on any atom is -0.378 e. The van der Waals surface area contributed by atoms with Crippen molar-refractivity contribution in [2.45, 2.75) is 6.92 Å². The number of hydrogen-bond donors (Lipinski definition) is 1. The summed E-state index contributed by atoms with van der Waals surface area (Å²) in [5, 5.41) is 6.96. The van der Waals surface area contributed by atoms with Crippen LogP contribution in [0.15, 0.2) is 23.0 Å². The van der Waals surface area contributed by atoms with E-state index in [1.165, 1.54) is 0 Å². The minimum absolute atomic E-state index is 0.643. The molecule has 0 unspecified atom stereocenters. The van der Waals surface area contributed by atoms with Crippen molar-refractivity contribution in [3.05, 3.63) is 24.2 Å². The fourth-order valence-corrected chi connectivity index (χ4v) is 1.94. The zero-order valence-electron chi connectivity index (χ0n) is 10.7. The van der Waals surface area contributed by atoms with Crippen LogP contribution in [-0.2, 0) is 4.74 Å². The zero-order valence-corrected chi connectivity index (χ0v) is 10.7. The average Bonchev–Trinajstić information content (AvgIpc) is 2.85. The van der Waals surface area contributed by atoms with Crippen LogP contribution in [0, 0.1) is 6.92 Å². The van der Waals surface area contributed by atoms with Gasteiger partial charge < -0.3 is 19.5 Å². The molecule has 0 aromatic carbocycles. The number of morpholine rings is 1. The van der Waals surface area contributed by atoms with Gasteiger partial charge in [0.05, 0.1) is 13.2 Å². The van der Waals surface area contributed by atoms with E-state index >= 15 is 0 Å². The van der Waals surface area contributed by atoms with Crippen LogP contribution in [0.25, 0.3) is 0 Å². The lowest BCUT2D eigenvalue weighted by atomic mass is 10.4. The lowest BCUT2D eigenvalue weighted by Gasteiger charge is -2.27. The van der Waals surface area contributed by atoms with E-state index < -0.39 is 0 Å².